The summed E-state index contributed by atoms with van der Waals surface area (Å²) >= 11 is 6.33. The van der Waals surface area contributed by atoms with Gasteiger partial charge in [0.05, 0.1) is 6.54 Å². The SMILES string of the molecule is Cc1ccc(Cl)cc1N1C(=O)c2cc3ccccc3n2C[C@]1(C)C(=O)NC1CCCCC1. The number of aryl methyl sites for hydroxylation is 1. The van der Waals surface area contributed by atoms with Crippen LogP contribution < -0.4 is 10.2 Å². The van der Waals surface area contributed by atoms with Crippen LogP contribution >= 0.6 is 11.6 Å². The van der Waals surface area contributed by atoms with Gasteiger partial charge in [-0.05, 0) is 56.5 Å². The molecule has 3 aromatic rings. The summed E-state index contributed by atoms with van der Waals surface area (Å²) < 4.78 is 1.99. The van der Waals surface area contributed by atoms with Crippen molar-refractivity contribution in [2.24, 2.45) is 0 Å². The molecule has 0 radical (unpaired) electrons. The highest BCUT2D eigenvalue weighted by molar-refractivity contribution is 6.31. The van der Waals surface area contributed by atoms with Gasteiger partial charge in [-0.25, -0.2) is 0 Å². The van der Waals surface area contributed by atoms with Crippen LogP contribution in [0.2, 0.25) is 5.02 Å². The molecule has 1 N–H and O–H groups in total. The third kappa shape index (κ3) is 3.39. The number of nitrogens with zero attached hydrogens (tertiary/aromatic N) is 2. The van der Waals surface area contributed by atoms with E-state index in [0.29, 0.717) is 22.9 Å². The lowest BCUT2D eigenvalue weighted by Gasteiger charge is -2.45. The number of carbonyl (C=O) groups excluding carboxylic acids is 2. The molecule has 2 heterocycles. The number of fused-ring (bicyclic) bond motifs is 3. The zero-order chi connectivity index (χ0) is 22.5. The number of carbonyl (C=O) groups is 2. The van der Waals surface area contributed by atoms with E-state index < -0.39 is 5.54 Å². The van der Waals surface area contributed by atoms with E-state index in [9.17, 15) is 9.59 Å². The van der Waals surface area contributed by atoms with E-state index in [4.69, 9.17) is 11.6 Å². The molecule has 2 amide bonds. The van der Waals surface area contributed by atoms with Crippen molar-refractivity contribution in [2.45, 2.75) is 64.1 Å². The Morgan fingerprint density at radius 2 is 1.84 bits per heavy atom. The number of nitrogens with one attached hydrogen (secondary N) is 1. The molecule has 2 aromatic carbocycles. The first kappa shape index (κ1) is 21.1. The van der Waals surface area contributed by atoms with Crippen molar-refractivity contribution >= 4 is 40.0 Å². The van der Waals surface area contributed by atoms with Gasteiger partial charge < -0.3 is 9.88 Å². The Bertz CT molecular complexity index is 1210. The van der Waals surface area contributed by atoms with Crippen LogP contribution in [0.3, 0.4) is 0 Å². The summed E-state index contributed by atoms with van der Waals surface area (Å²) in [5.74, 6) is -0.292. The highest BCUT2D eigenvalue weighted by Gasteiger charge is 2.49. The monoisotopic (exact) mass is 449 g/mol. The predicted molar refractivity (Wildman–Crippen MR) is 128 cm³/mol. The Labute approximate surface area is 193 Å². The van der Waals surface area contributed by atoms with Crippen LogP contribution in [0.4, 0.5) is 5.69 Å². The lowest BCUT2D eigenvalue weighted by Crippen LogP contribution is -2.65. The van der Waals surface area contributed by atoms with Crippen LogP contribution in [0.25, 0.3) is 10.9 Å². The molecule has 1 saturated carbocycles. The van der Waals surface area contributed by atoms with Gasteiger partial charge in [0.1, 0.15) is 11.2 Å². The normalized spacial score (nSPS) is 21.6. The van der Waals surface area contributed by atoms with E-state index in [1.54, 1.807) is 11.0 Å². The zero-order valence-electron chi connectivity index (χ0n) is 18.5. The molecule has 0 unspecified atom stereocenters. The van der Waals surface area contributed by atoms with Gasteiger partial charge in [-0.1, -0.05) is 55.1 Å². The average molecular weight is 450 g/mol. The van der Waals surface area contributed by atoms with E-state index in [2.05, 4.69) is 5.32 Å². The van der Waals surface area contributed by atoms with Gasteiger partial charge in [-0.3, -0.25) is 14.5 Å². The van der Waals surface area contributed by atoms with Crippen LogP contribution in [0.5, 0.6) is 0 Å². The second-order valence-electron chi connectivity index (χ2n) is 9.33. The zero-order valence-corrected chi connectivity index (χ0v) is 19.3. The van der Waals surface area contributed by atoms with Gasteiger partial charge in [-0.2, -0.15) is 0 Å². The summed E-state index contributed by atoms with van der Waals surface area (Å²) in [7, 11) is 0. The summed E-state index contributed by atoms with van der Waals surface area (Å²) in [5.41, 5.74) is 2.06. The van der Waals surface area contributed by atoms with Crippen molar-refractivity contribution in [3.05, 3.63) is 64.8 Å². The Balaban J connectivity index is 1.64. The number of anilines is 1. The summed E-state index contributed by atoms with van der Waals surface area (Å²) in [6, 6.07) is 15.5. The van der Waals surface area contributed by atoms with Crippen molar-refractivity contribution in [1.29, 1.82) is 0 Å². The van der Waals surface area contributed by atoms with Crippen LogP contribution in [0.1, 0.15) is 55.1 Å². The summed E-state index contributed by atoms with van der Waals surface area (Å²) in [5, 5.41) is 4.81. The van der Waals surface area contributed by atoms with Crippen LogP contribution in [-0.2, 0) is 11.3 Å². The smallest absolute Gasteiger partial charge is 0.275 e. The van der Waals surface area contributed by atoms with E-state index in [1.807, 2.05) is 60.9 Å². The minimum atomic E-state index is -1.08. The van der Waals surface area contributed by atoms with Gasteiger partial charge in [0.15, 0.2) is 0 Å². The van der Waals surface area contributed by atoms with Crippen LogP contribution in [-0.4, -0.2) is 28.0 Å². The standard InChI is InChI=1S/C26H28ClN3O2/c1-17-12-13-19(27)15-22(17)30-24(31)23-14-18-8-6-7-11-21(18)29(23)16-26(30,2)25(32)28-20-9-4-3-5-10-20/h6-8,11-15,20H,3-5,9-10,16H2,1-2H3,(H,28,32)/t26-/m1/s1. The maximum atomic E-state index is 13.9. The molecule has 1 aliphatic heterocycles. The summed E-state index contributed by atoms with van der Waals surface area (Å²) in [4.78, 5) is 29.4. The quantitative estimate of drug-likeness (QED) is 0.576. The van der Waals surface area contributed by atoms with Crippen molar-refractivity contribution < 1.29 is 9.59 Å². The molecular formula is C26H28ClN3O2. The molecule has 1 aliphatic carbocycles. The van der Waals surface area contributed by atoms with Gasteiger partial charge in [0, 0.05) is 27.7 Å². The number of hydrogen-bond donors (Lipinski definition) is 1. The molecule has 166 valence electrons. The second-order valence-corrected chi connectivity index (χ2v) is 9.76. The van der Waals surface area contributed by atoms with E-state index in [-0.39, 0.29) is 17.9 Å². The number of benzene rings is 2. The number of rotatable bonds is 3. The van der Waals surface area contributed by atoms with E-state index >= 15 is 0 Å². The van der Waals surface area contributed by atoms with E-state index in [0.717, 1.165) is 42.1 Å². The molecule has 0 spiro atoms. The molecule has 6 heteroatoms. The summed E-state index contributed by atoms with van der Waals surface area (Å²) in [6.45, 7) is 4.20. The Hall–Kier alpha value is -2.79. The summed E-state index contributed by atoms with van der Waals surface area (Å²) in [6.07, 6.45) is 5.45. The lowest BCUT2D eigenvalue weighted by atomic mass is 9.90. The van der Waals surface area contributed by atoms with Gasteiger partial charge in [-0.15, -0.1) is 0 Å². The van der Waals surface area contributed by atoms with Crippen LogP contribution in [0, 0.1) is 6.92 Å². The van der Waals surface area contributed by atoms with Gasteiger partial charge in [0.25, 0.3) is 5.91 Å². The first-order valence-electron chi connectivity index (χ1n) is 11.4. The molecule has 2 aliphatic rings. The molecule has 0 saturated heterocycles. The van der Waals surface area contributed by atoms with E-state index in [1.165, 1.54) is 6.42 Å². The third-order valence-electron chi connectivity index (χ3n) is 7.03. The number of hydrogen-bond acceptors (Lipinski definition) is 2. The fraction of sp³-hybridized carbons (Fsp3) is 0.385. The first-order chi connectivity index (χ1) is 15.4. The predicted octanol–water partition coefficient (Wildman–Crippen LogP) is 5.47. The molecule has 32 heavy (non-hydrogen) atoms. The molecule has 5 rings (SSSR count). The number of aromatic nitrogens is 1. The molecule has 1 fully saturated rings. The first-order valence-corrected chi connectivity index (χ1v) is 11.8. The number of amides is 2. The van der Waals surface area contributed by atoms with Crippen molar-refractivity contribution in [1.82, 2.24) is 9.88 Å². The average Bonchev–Trinajstić information content (AvgIpc) is 3.15. The van der Waals surface area contributed by atoms with Gasteiger partial charge >= 0.3 is 0 Å². The topological polar surface area (TPSA) is 54.3 Å². The fourth-order valence-corrected chi connectivity index (χ4v) is 5.40. The Morgan fingerprint density at radius 1 is 1.09 bits per heavy atom. The van der Waals surface area contributed by atoms with Crippen LogP contribution in [0.15, 0.2) is 48.5 Å². The number of para-hydroxylation sites is 1. The fourth-order valence-electron chi connectivity index (χ4n) is 5.24. The Morgan fingerprint density at radius 3 is 2.62 bits per heavy atom. The largest absolute Gasteiger partial charge is 0.351 e. The molecule has 0 bridgehead atoms. The minimum Gasteiger partial charge on any atom is -0.351 e. The second kappa shape index (κ2) is 7.96. The van der Waals surface area contributed by atoms with Crippen molar-refractivity contribution in [2.75, 3.05) is 4.90 Å². The molecule has 5 nitrogen and oxygen atoms in total. The lowest BCUT2D eigenvalue weighted by molar-refractivity contribution is -0.127. The molecule has 1 aromatic heterocycles. The highest BCUT2D eigenvalue weighted by atomic mass is 35.5. The maximum absolute atomic E-state index is 13.9. The third-order valence-corrected chi connectivity index (χ3v) is 7.27. The minimum absolute atomic E-state index is 0.111. The van der Waals surface area contributed by atoms with Crippen molar-refractivity contribution in [3.8, 4) is 0 Å². The molecular weight excluding hydrogens is 422 g/mol. The Kier molecular flexibility index (Phi) is 5.25. The highest BCUT2D eigenvalue weighted by Crippen LogP contribution is 2.38. The number of halogens is 1. The maximum Gasteiger partial charge on any atom is 0.275 e. The van der Waals surface area contributed by atoms with Crippen molar-refractivity contribution in [3.63, 3.8) is 0 Å². The van der Waals surface area contributed by atoms with Gasteiger partial charge in [0.2, 0.25) is 5.91 Å². The molecule has 1 atom stereocenters.